The zero-order valence-corrected chi connectivity index (χ0v) is 13.9. The number of benzene rings is 1. The Hall–Kier alpha value is -1.99. The van der Waals surface area contributed by atoms with Crippen molar-refractivity contribution in [3.05, 3.63) is 36.0 Å². The zero-order chi connectivity index (χ0) is 17.0. The van der Waals surface area contributed by atoms with E-state index in [4.69, 9.17) is 0 Å². The molecule has 6 nitrogen and oxygen atoms in total. The van der Waals surface area contributed by atoms with Crippen LogP contribution in [0.2, 0.25) is 0 Å². The van der Waals surface area contributed by atoms with Crippen molar-refractivity contribution >= 4 is 26.9 Å². The van der Waals surface area contributed by atoms with Crippen molar-refractivity contribution in [3.63, 3.8) is 0 Å². The molecule has 1 aromatic carbocycles. The molecular weight excluding hydrogens is 316 g/mol. The number of nitrogens with zero attached hydrogens (tertiary/aromatic N) is 1. The quantitative estimate of drug-likeness (QED) is 0.809. The molecule has 1 heterocycles. The molecule has 2 rings (SSSR count). The predicted molar refractivity (Wildman–Crippen MR) is 87.8 cm³/mol. The lowest BCUT2D eigenvalue weighted by atomic mass is 10.1. The van der Waals surface area contributed by atoms with Crippen LogP contribution in [0.3, 0.4) is 0 Å². The monoisotopic (exact) mass is 336 g/mol. The van der Waals surface area contributed by atoms with E-state index in [-0.39, 0.29) is 11.3 Å². The molecule has 1 aromatic heterocycles. The Balaban J connectivity index is 2.41. The highest BCUT2D eigenvalue weighted by Gasteiger charge is 2.26. The fraction of sp³-hybridized carbons (Fsp3) is 0.375. The number of para-hydroxylation sites is 1. The number of nitrogens with one attached hydrogen (secondary N) is 1. The van der Waals surface area contributed by atoms with Gasteiger partial charge in [-0.2, -0.15) is 4.72 Å². The first kappa shape index (κ1) is 17.4. The van der Waals surface area contributed by atoms with Crippen LogP contribution >= 0.6 is 0 Å². The van der Waals surface area contributed by atoms with E-state index in [9.17, 15) is 18.3 Å². The Labute approximate surface area is 135 Å². The van der Waals surface area contributed by atoms with Gasteiger partial charge in [0.15, 0.2) is 0 Å². The van der Waals surface area contributed by atoms with E-state index in [0.717, 1.165) is 12.0 Å². The van der Waals surface area contributed by atoms with E-state index in [2.05, 4.69) is 9.71 Å². The number of rotatable bonds is 7. The molecule has 0 aliphatic carbocycles. The van der Waals surface area contributed by atoms with Gasteiger partial charge in [0, 0.05) is 11.6 Å². The molecule has 0 saturated carbocycles. The summed E-state index contributed by atoms with van der Waals surface area (Å²) in [7, 11) is -3.97. The minimum absolute atomic E-state index is 0.00208. The largest absolute Gasteiger partial charge is 0.480 e. The van der Waals surface area contributed by atoms with Gasteiger partial charge < -0.3 is 5.11 Å². The smallest absolute Gasteiger partial charge is 0.321 e. The van der Waals surface area contributed by atoms with Gasteiger partial charge in [-0.15, -0.1) is 0 Å². The third-order valence-corrected chi connectivity index (χ3v) is 5.05. The Bertz CT molecular complexity index is 818. The Morgan fingerprint density at radius 3 is 2.78 bits per heavy atom. The van der Waals surface area contributed by atoms with Crippen LogP contribution in [0.25, 0.3) is 10.9 Å². The van der Waals surface area contributed by atoms with Gasteiger partial charge in [-0.25, -0.2) is 8.42 Å². The van der Waals surface area contributed by atoms with Crippen molar-refractivity contribution in [2.75, 3.05) is 0 Å². The number of aliphatic carboxylic acids is 1. The Morgan fingerprint density at radius 2 is 2.13 bits per heavy atom. The summed E-state index contributed by atoms with van der Waals surface area (Å²) in [6, 6.07) is 5.54. The van der Waals surface area contributed by atoms with Gasteiger partial charge in [-0.05, 0) is 31.0 Å². The Morgan fingerprint density at radius 1 is 1.39 bits per heavy atom. The second-order valence-electron chi connectivity index (χ2n) is 5.49. The maximum Gasteiger partial charge on any atom is 0.321 e. The van der Waals surface area contributed by atoms with Crippen LogP contribution in [0, 0.1) is 6.92 Å². The van der Waals surface area contributed by atoms with Crippen molar-refractivity contribution in [2.45, 2.75) is 44.0 Å². The summed E-state index contributed by atoms with van der Waals surface area (Å²) in [4.78, 5) is 15.5. The third kappa shape index (κ3) is 4.05. The van der Waals surface area contributed by atoms with Gasteiger partial charge in [0.05, 0.1) is 5.52 Å². The van der Waals surface area contributed by atoms with E-state index >= 15 is 0 Å². The van der Waals surface area contributed by atoms with Crippen LogP contribution in [-0.2, 0) is 14.8 Å². The number of pyridine rings is 1. The molecule has 124 valence electrons. The predicted octanol–water partition coefficient (Wildman–Crippen LogP) is 2.46. The molecule has 23 heavy (non-hydrogen) atoms. The molecule has 2 aromatic rings. The van der Waals surface area contributed by atoms with Crippen LogP contribution < -0.4 is 4.72 Å². The summed E-state index contributed by atoms with van der Waals surface area (Å²) >= 11 is 0. The summed E-state index contributed by atoms with van der Waals surface area (Å²) in [6.07, 6.45) is 3.27. The second-order valence-corrected chi connectivity index (χ2v) is 7.18. The molecule has 0 fully saturated rings. The number of carbonyl (C=O) groups is 1. The van der Waals surface area contributed by atoms with Crippen LogP contribution in [0.1, 0.15) is 31.7 Å². The standard InChI is InChI=1S/C16H20N2O4S/c1-3-4-7-13(16(19)20)18-23(21,22)14-8-5-6-12-9-11(2)10-17-15(12)14/h5-6,8-10,13,18H,3-4,7H2,1-2H3,(H,19,20). The first-order valence-electron chi connectivity index (χ1n) is 7.45. The van der Waals surface area contributed by atoms with Gasteiger partial charge in [0.2, 0.25) is 10.0 Å². The minimum Gasteiger partial charge on any atom is -0.480 e. The SMILES string of the molecule is CCCCC(NS(=O)(=O)c1cccc2cc(C)cnc12)C(=O)O. The van der Waals surface area contributed by atoms with Crippen LogP contribution in [0.15, 0.2) is 35.4 Å². The molecule has 0 radical (unpaired) electrons. The van der Waals surface area contributed by atoms with Crippen molar-refractivity contribution in [3.8, 4) is 0 Å². The van der Waals surface area contributed by atoms with Crippen molar-refractivity contribution in [1.29, 1.82) is 0 Å². The average Bonchev–Trinajstić information content (AvgIpc) is 2.50. The van der Waals surface area contributed by atoms with Gasteiger partial charge >= 0.3 is 5.97 Å². The zero-order valence-electron chi connectivity index (χ0n) is 13.1. The molecule has 0 bridgehead atoms. The fourth-order valence-corrected chi connectivity index (χ4v) is 3.75. The highest BCUT2D eigenvalue weighted by Crippen LogP contribution is 2.22. The molecule has 0 saturated heterocycles. The highest BCUT2D eigenvalue weighted by atomic mass is 32.2. The number of carboxylic acids is 1. The van der Waals surface area contributed by atoms with Crippen LogP contribution in [-0.4, -0.2) is 30.5 Å². The molecule has 0 aliphatic rings. The molecule has 1 unspecified atom stereocenters. The van der Waals surface area contributed by atoms with Gasteiger partial charge in [-0.1, -0.05) is 31.9 Å². The van der Waals surface area contributed by atoms with Gasteiger partial charge in [0.1, 0.15) is 10.9 Å². The average molecular weight is 336 g/mol. The minimum atomic E-state index is -3.97. The molecule has 0 spiro atoms. The van der Waals surface area contributed by atoms with E-state index in [1.807, 2.05) is 19.9 Å². The molecule has 2 N–H and O–H groups in total. The highest BCUT2D eigenvalue weighted by molar-refractivity contribution is 7.89. The topological polar surface area (TPSA) is 96.4 Å². The number of hydrogen-bond acceptors (Lipinski definition) is 4. The lowest BCUT2D eigenvalue weighted by Gasteiger charge is -2.15. The third-order valence-electron chi connectivity index (χ3n) is 3.54. The lowest BCUT2D eigenvalue weighted by molar-refractivity contribution is -0.139. The van der Waals surface area contributed by atoms with Crippen molar-refractivity contribution in [2.24, 2.45) is 0 Å². The van der Waals surface area contributed by atoms with Crippen molar-refractivity contribution in [1.82, 2.24) is 9.71 Å². The molecule has 0 amide bonds. The number of aryl methyl sites for hydroxylation is 1. The summed E-state index contributed by atoms with van der Waals surface area (Å²) in [6.45, 7) is 3.79. The molecule has 7 heteroatoms. The first-order chi connectivity index (χ1) is 10.8. The van der Waals surface area contributed by atoms with Gasteiger partial charge in [0.25, 0.3) is 0 Å². The van der Waals surface area contributed by atoms with E-state index in [1.54, 1.807) is 18.3 Å². The van der Waals surface area contributed by atoms with E-state index in [1.165, 1.54) is 6.07 Å². The summed E-state index contributed by atoms with van der Waals surface area (Å²) in [5.41, 5.74) is 1.26. The second kappa shape index (κ2) is 7.06. The first-order valence-corrected chi connectivity index (χ1v) is 8.94. The van der Waals surface area contributed by atoms with Crippen molar-refractivity contribution < 1.29 is 18.3 Å². The number of fused-ring (bicyclic) bond motifs is 1. The van der Waals surface area contributed by atoms with Crippen LogP contribution in [0.5, 0.6) is 0 Å². The number of sulfonamides is 1. The summed E-state index contributed by atoms with van der Waals surface area (Å²) in [5.74, 6) is -1.17. The molecule has 0 aliphatic heterocycles. The number of carboxylic acid groups (broad SMARTS) is 1. The van der Waals surface area contributed by atoms with E-state index < -0.39 is 22.0 Å². The number of aromatic nitrogens is 1. The molecule has 1 atom stereocenters. The summed E-state index contributed by atoms with van der Waals surface area (Å²) in [5, 5.41) is 9.92. The Kier molecular flexibility index (Phi) is 5.33. The van der Waals surface area contributed by atoms with Crippen LogP contribution in [0.4, 0.5) is 0 Å². The van der Waals surface area contributed by atoms with E-state index in [0.29, 0.717) is 17.3 Å². The number of unbranched alkanes of at least 4 members (excludes halogenated alkanes) is 1. The molecular formula is C16H20N2O4S. The normalized spacial score (nSPS) is 13.1. The number of hydrogen-bond donors (Lipinski definition) is 2. The lowest BCUT2D eigenvalue weighted by Crippen LogP contribution is -2.40. The maximum atomic E-state index is 12.6. The van der Waals surface area contributed by atoms with Gasteiger partial charge in [-0.3, -0.25) is 9.78 Å². The fourth-order valence-electron chi connectivity index (χ4n) is 2.35. The maximum absolute atomic E-state index is 12.6. The summed E-state index contributed by atoms with van der Waals surface area (Å²) < 4.78 is 27.5.